The Balaban J connectivity index is 2.09. The van der Waals surface area contributed by atoms with E-state index in [4.69, 9.17) is 11.6 Å². The molecule has 0 saturated carbocycles. The molecule has 82 valence electrons. The van der Waals surface area contributed by atoms with Gasteiger partial charge < -0.3 is 10.6 Å². The van der Waals surface area contributed by atoms with Crippen LogP contribution in [0.25, 0.3) is 0 Å². The van der Waals surface area contributed by atoms with E-state index < -0.39 is 0 Å². The molecule has 0 aliphatic carbocycles. The van der Waals surface area contributed by atoms with Gasteiger partial charge in [0.2, 0.25) is 0 Å². The van der Waals surface area contributed by atoms with E-state index in [0.717, 1.165) is 25.3 Å². The maximum absolute atomic E-state index is 5.89. The summed E-state index contributed by atoms with van der Waals surface area (Å²) < 4.78 is 0. The van der Waals surface area contributed by atoms with Gasteiger partial charge in [0.15, 0.2) is 5.16 Å². The van der Waals surface area contributed by atoms with Crippen LogP contribution in [0.15, 0.2) is 11.2 Å². The summed E-state index contributed by atoms with van der Waals surface area (Å²) in [6.45, 7) is 2.04. The van der Waals surface area contributed by atoms with Crippen LogP contribution in [-0.2, 0) is 0 Å². The van der Waals surface area contributed by atoms with Gasteiger partial charge in [-0.3, -0.25) is 0 Å². The zero-order chi connectivity index (χ0) is 10.7. The van der Waals surface area contributed by atoms with Gasteiger partial charge in [-0.25, -0.2) is 9.97 Å². The predicted molar refractivity (Wildman–Crippen MR) is 63.7 cm³/mol. The molecule has 0 amide bonds. The number of hydrogen-bond donors (Lipinski definition) is 2. The average molecular weight is 245 g/mol. The molecule has 2 N–H and O–H groups in total. The van der Waals surface area contributed by atoms with E-state index in [-0.39, 0.29) is 0 Å². The summed E-state index contributed by atoms with van der Waals surface area (Å²) in [4.78, 5) is 8.43. The molecule has 1 aromatic heterocycles. The summed E-state index contributed by atoms with van der Waals surface area (Å²) in [5, 5.41) is 7.83. The minimum absolute atomic E-state index is 0.450. The summed E-state index contributed by atoms with van der Waals surface area (Å²) >= 11 is 7.39. The number of nitrogens with zero attached hydrogens (tertiary/aromatic N) is 2. The maximum Gasteiger partial charge on any atom is 0.190 e. The van der Waals surface area contributed by atoms with Crippen LogP contribution in [0.1, 0.15) is 6.42 Å². The molecule has 1 aliphatic heterocycles. The molecular weight excluding hydrogens is 232 g/mol. The first-order valence-electron chi connectivity index (χ1n) is 4.84. The number of anilines is 1. The van der Waals surface area contributed by atoms with Crippen molar-refractivity contribution in [2.45, 2.75) is 17.6 Å². The van der Waals surface area contributed by atoms with Crippen LogP contribution in [0.5, 0.6) is 0 Å². The van der Waals surface area contributed by atoms with Crippen LogP contribution in [0.3, 0.4) is 0 Å². The van der Waals surface area contributed by atoms with Crippen molar-refractivity contribution < 1.29 is 0 Å². The lowest BCUT2D eigenvalue weighted by Gasteiger charge is -2.12. The number of halogens is 1. The van der Waals surface area contributed by atoms with Gasteiger partial charge >= 0.3 is 0 Å². The Bertz CT molecular complexity index is 341. The molecule has 1 saturated heterocycles. The fraction of sp³-hybridized carbons (Fsp3) is 0.556. The number of aromatic nitrogens is 2. The van der Waals surface area contributed by atoms with Crippen molar-refractivity contribution >= 4 is 29.2 Å². The van der Waals surface area contributed by atoms with Gasteiger partial charge in [-0.05, 0) is 19.2 Å². The van der Waals surface area contributed by atoms with E-state index in [1.54, 1.807) is 6.07 Å². The highest BCUT2D eigenvalue weighted by Gasteiger charge is 2.14. The predicted octanol–water partition coefficient (Wildman–Crippen LogP) is 1.63. The van der Waals surface area contributed by atoms with Crippen LogP contribution in [0.4, 0.5) is 5.82 Å². The van der Waals surface area contributed by atoms with E-state index >= 15 is 0 Å². The normalized spacial score (nSPS) is 20.5. The maximum atomic E-state index is 5.89. The first kappa shape index (κ1) is 11.0. The largest absolute Gasteiger partial charge is 0.366 e. The summed E-state index contributed by atoms with van der Waals surface area (Å²) in [5.74, 6) is 0.813. The highest BCUT2D eigenvalue weighted by Crippen LogP contribution is 2.18. The van der Waals surface area contributed by atoms with Crippen LogP contribution < -0.4 is 10.6 Å². The highest BCUT2D eigenvalue weighted by molar-refractivity contribution is 7.98. The van der Waals surface area contributed by atoms with Gasteiger partial charge in [0.1, 0.15) is 11.0 Å². The minimum atomic E-state index is 0.450. The SMILES string of the molecule is CSc1nc(Cl)cc(NC2CCNC2)n1. The van der Waals surface area contributed by atoms with Crippen molar-refractivity contribution in [3.05, 3.63) is 11.2 Å². The minimum Gasteiger partial charge on any atom is -0.366 e. The second-order valence-electron chi connectivity index (χ2n) is 3.40. The molecule has 4 nitrogen and oxygen atoms in total. The Morgan fingerprint density at radius 2 is 2.47 bits per heavy atom. The Morgan fingerprint density at radius 3 is 3.13 bits per heavy atom. The molecule has 1 aliphatic rings. The third-order valence-corrected chi connectivity index (χ3v) is 3.01. The number of rotatable bonds is 3. The smallest absolute Gasteiger partial charge is 0.190 e. The van der Waals surface area contributed by atoms with E-state index in [1.165, 1.54) is 11.8 Å². The van der Waals surface area contributed by atoms with Gasteiger partial charge in [0.05, 0.1) is 0 Å². The fourth-order valence-electron chi connectivity index (χ4n) is 1.55. The van der Waals surface area contributed by atoms with Crippen LogP contribution >= 0.6 is 23.4 Å². The molecule has 1 unspecified atom stereocenters. The second-order valence-corrected chi connectivity index (χ2v) is 4.56. The summed E-state index contributed by atoms with van der Waals surface area (Å²) in [6, 6.07) is 2.21. The Hall–Kier alpha value is -0.520. The Morgan fingerprint density at radius 1 is 1.60 bits per heavy atom. The van der Waals surface area contributed by atoms with E-state index in [2.05, 4.69) is 20.6 Å². The molecule has 0 spiro atoms. The van der Waals surface area contributed by atoms with Crippen LogP contribution in [0, 0.1) is 0 Å². The van der Waals surface area contributed by atoms with Crippen molar-refractivity contribution in [2.75, 3.05) is 24.7 Å². The van der Waals surface area contributed by atoms with Gasteiger partial charge in [-0.2, -0.15) is 0 Å². The molecule has 1 atom stereocenters. The highest BCUT2D eigenvalue weighted by atomic mass is 35.5. The van der Waals surface area contributed by atoms with Gasteiger partial charge in [-0.15, -0.1) is 0 Å². The van der Waals surface area contributed by atoms with E-state index in [9.17, 15) is 0 Å². The quantitative estimate of drug-likeness (QED) is 0.481. The molecule has 0 aromatic carbocycles. The molecule has 1 fully saturated rings. The molecule has 1 aromatic rings. The summed E-state index contributed by atoms with van der Waals surface area (Å²) in [5.41, 5.74) is 0. The van der Waals surface area contributed by atoms with E-state index in [0.29, 0.717) is 16.4 Å². The molecule has 0 radical (unpaired) electrons. The first-order valence-corrected chi connectivity index (χ1v) is 6.44. The van der Waals surface area contributed by atoms with Crippen molar-refractivity contribution in [3.8, 4) is 0 Å². The summed E-state index contributed by atoms with van der Waals surface area (Å²) in [6.07, 6.45) is 3.06. The molecule has 6 heteroatoms. The van der Waals surface area contributed by atoms with Crippen molar-refractivity contribution in [1.82, 2.24) is 15.3 Å². The molecule has 15 heavy (non-hydrogen) atoms. The lowest BCUT2D eigenvalue weighted by Crippen LogP contribution is -2.22. The topological polar surface area (TPSA) is 49.8 Å². The Labute approximate surface area is 98.2 Å². The number of nitrogens with one attached hydrogen (secondary N) is 2. The molecular formula is C9H13ClN4S. The fourth-order valence-corrected chi connectivity index (χ4v) is 2.16. The molecule has 0 bridgehead atoms. The number of thioether (sulfide) groups is 1. The van der Waals surface area contributed by atoms with Crippen molar-refractivity contribution in [2.24, 2.45) is 0 Å². The molecule has 2 heterocycles. The number of hydrogen-bond acceptors (Lipinski definition) is 5. The third kappa shape index (κ3) is 2.96. The zero-order valence-corrected chi connectivity index (χ0v) is 10.0. The lowest BCUT2D eigenvalue weighted by molar-refractivity contribution is 0.781. The summed E-state index contributed by atoms with van der Waals surface area (Å²) in [7, 11) is 0. The first-order chi connectivity index (χ1) is 7.28. The van der Waals surface area contributed by atoms with E-state index in [1.807, 2.05) is 6.26 Å². The van der Waals surface area contributed by atoms with Crippen LogP contribution in [0.2, 0.25) is 5.15 Å². The van der Waals surface area contributed by atoms with Gasteiger partial charge in [0, 0.05) is 18.7 Å². The standard InChI is InChI=1S/C9H13ClN4S/c1-15-9-13-7(10)4-8(14-9)12-6-2-3-11-5-6/h4,6,11H,2-3,5H2,1H3,(H,12,13,14). The average Bonchev–Trinajstić information content (AvgIpc) is 2.69. The third-order valence-electron chi connectivity index (χ3n) is 2.27. The van der Waals surface area contributed by atoms with Crippen molar-refractivity contribution in [3.63, 3.8) is 0 Å². The second kappa shape index (κ2) is 5.01. The lowest BCUT2D eigenvalue weighted by atomic mass is 10.2. The van der Waals surface area contributed by atoms with Gasteiger partial charge in [0.25, 0.3) is 0 Å². The molecule has 2 rings (SSSR count). The monoisotopic (exact) mass is 244 g/mol. The van der Waals surface area contributed by atoms with Crippen LogP contribution in [-0.4, -0.2) is 35.4 Å². The van der Waals surface area contributed by atoms with Gasteiger partial charge in [-0.1, -0.05) is 23.4 Å². The Kier molecular flexibility index (Phi) is 3.66. The zero-order valence-electron chi connectivity index (χ0n) is 8.46. The van der Waals surface area contributed by atoms with Crippen molar-refractivity contribution in [1.29, 1.82) is 0 Å².